The Kier molecular flexibility index (Phi) is 7.96. The molecule has 2 aliphatic heterocycles. The first-order valence-corrected chi connectivity index (χ1v) is 23.9. The highest BCUT2D eigenvalue weighted by Gasteiger charge is 2.47. The molecule has 0 saturated heterocycles. The van der Waals surface area contributed by atoms with Gasteiger partial charge in [0.1, 0.15) is 22.3 Å². The highest BCUT2D eigenvalue weighted by molar-refractivity contribution is 6.94. The van der Waals surface area contributed by atoms with Crippen LogP contribution in [0.5, 0.6) is 0 Å². The fourth-order valence-corrected chi connectivity index (χ4v) is 11.6. The average Bonchev–Trinajstić information content (AvgIpc) is 4.02. The van der Waals surface area contributed by atoms with Gasteiger partial charge in [0.2, 0.25) is 0 Å². The molecule has 0 aliphatic carbocycles. The molecule has 3 aromatic heterocycles. The van der Waals surface area contributed by atoms with E-state index in [1.165, 1.54) is 44.0 Å². The lowest BCUT2D eigenvalue weighted by Crippen LogP contribution is -2.60. The summed E-state index contributed by atoms with van der Waals surface area (Å²) in [6.07, 6.45) is 0. The highest BCUT2D eigenvalue weighted by Crippen LogP contribution is 2.53. The van der Waals surface area contributed by atoms with Gasteiger partial charge in [-0.05, 0) is 106 Å². The highest BCUT2D eigenvalue weighted by atomic mass is 16.3. The summed E-state index contributed by atoms with van der Waals surface area (Å²) in [5.41, 5.74) is 19.9. The minimum absolute atomic E-state index is 0.000122. The second kappa shape index (κ2) is 13.8. The van der Waals surface area contributed by atoms with Crippen molar-refractivity contribution < 1.29 is 8.83 Å². The third-order valence-corrected chi connectivity index (χ3v) is 14.8. The molecule has 68 heavy (non-hydrogen) atoms. The van der Waals surface area contributed by atoms with E-state index in [1.807, 2.05) is 0 Å². The Labute approximate surface area is 395 Å². The molecule has 0 amide bonds. The van der Waals surface area contributed by atoms with Crippen LogP contribution in [0.1, 0.15) is 52.7 Å². The van der Waals surface area contributed by atoms with E-state index in [0.717, 1.165) is 89.0 Å². The van der Waals surface area contributed by atoms with Crippen molar-refractivity contribution in [2.24, 2.45) is 0 Å². The van der Waals surface area contributed by atoms with Gasteiger partial charge in [-0.15, -0.1) is 0 Å². The summed E-state index contributed by atoms with van der Waals surface area (Å²) in [5, 5.41) is 6.87. The summed E-state index contributed by atoms with van der Waals surface area (Å²) in [6, 6.07) is 66.8. The number of nitrogens with zero attached hydrogens (tertiary/aromatic N) is 3. The zero-order valence-corrected chi connectivity index (χ0v) is 39.1. The number of furan rings is 2. The maximum atomic E-state index is 7.31. The Morgan fingerprint density at radius 3 is 1.79 bits per heavy atom. The minimum atomic E-state index is -0.210. The third kappa shape index (κ3) is 5.46. The Morgan fingerprint density at radius 1 is 0.471 bits per heavy atom. The molecule has 0 unspecified atom stereocenters. The first-order chi connectivity index (χ1) is 33.0. The quantitative estimate of drug-likeness (QED) is 0.165. The second-order valence-corrected chi connectivity index (χ2v) is 20.9. The molecule has 0 atom stereocenters. The minimum Gasteiger partial charge on any atom is -0.456 e. The lowest BCUT2D eigenvalue weighted by Gasteiger charge is -2.42. The van der Waals surface area contributed by atoms with E-state index in [4.69, 9.17) is 8.83 Å². The molecule has 326 valence electrons. The van der Waals surface area contributed by atoms with Gasteiger partial charge >= 0.3 is 6.85 Å². The maximum Gasteiger partial charge on any atom is 0.333 e. The van der Waals surface area contributed by atoms with Gasteiger partial charge < -0.3 is 23.1 Å². The number of hydrogen-bond donors (Lipinski definition) is 0. The van der Waals surface area contributed by atoms with Gasteiger partial charge in [-0.25, -0.2) is 0 Å². The van der Waals surface area contributed by atoms with Crippen molar-refractivity contribution in [1.29, 1.82) is 0 Å². The van der Waals surface area contributed by atoms with Crippen molar-refractivity contribution >= 4 is 112 Å². The van der Waals surface area contributed by atoms with Gasteiger partial charge in [0.25, 0.3) is 0 Å². The number of aromatic nitrogens is 1. The summed E-state index contributed by atoms with van der Waals surface area (Å²) < 4.78 is 16.7. The summed E-state index contributed by atoms with van der Waals surface area (Å²) in [5.74, 6) is 0. The number of anilines is 5. The lowest BCUT2D eigenvalue weighted by atomic mass is 9.43. The van der Waals surface area contributed by atoms with Gasteiger partial charge in [0, 0.05) is 83.6 Å². The van der Waals surface area contributed by atoms with Crippen molar-refractivity contribution in [3.8, 4) is 16.8 Å². The van der Waals surface area contributed by atoms with E-state index in [9.17, 15) is 0 Å². The summed E-state index contributed by atoms with van der Waals surface area (Å²) in [4.78, 5) is 4.98. The summed E-state index contributed by atoms with van der Waals surface area (Å²) in [6.45, 7) is 13.6. The van der Waals surface area contributed by atoms with Crippen LogP contribution in [0.2, 0.25) is 0 Å². The molecule has 6 heteroatoms. The molecule has 0 spiro atoms. The molecule has 0 saturated carbocycles. The molecule has 0 N–H and O–H groups in total. The van der Waals surface area contributed by atoms with Gasteiger partial charge in [-0.3, -0.25) is 0 Å². The zero-order chi connectivity index (χ0) is 45.8. The van der Waals surface area contributed by atoms with Crippen molar-refractivity contribution in [1.82, 2.24) is 4.57 Å². The number of rotatable bonds is 4. The van der Waals surface area contributed by atoms with Crippen LogP contribution in [-0.2, 0) is 10.8 Å². The molecular weight excluding hydrogens is 830 g/mol. The topological polar surface area (TPSA) is 37.7 Å². The first-order valence-electron chi connectivity index (χ1n) is 23.9. The Balaban J connectivity index is 1.19. The van der Waals surface area contributed by atoms with Crippen molar-refractivity contribution in [2.45, 2.75) is 52.4 Å². The van der Waals surface area contributed by atoms with Crippen LogP contribution in [0, 0.1) is 0 Å². The molecule has 0 radical (unpaired) electrons. The predicted molar refractivity (Wildman–Crippen MR) is 286 cm³/mol. The first kappa shape index (κ1) is 39.2. The molecule has 12 aromatic rings. The Morgan fingerprint density at radius 2 is 1.10 bits per heavy atom. The Hall–Kier alpha value is -7.96. The largest absolute Gasteiger partial charge is 0.456 e. The van der Waals surface area contributed by atoms with E-state index in [1.54, 1.807) is 0 Å². The van der Waals surface area contributed by atoms with Crippen LogP contribution >= 0.6 is 0 Å². The molecular formula is C62H48BN3O2. The lowest BCUT2D eigenvalue weighted by molar-refractivity contribution is 0.590. The van der Waals surface area contributed by atoms with E-state index in [2.05, 4.69) is 238 Å². The number of fused-ring (bicyclic) bond motifs is 16. The van der Waals surface area contributed by atoms with Gasteiger partial charge in [0.05, 0.1) is 11.0 Å². The van der Waals surface area contributed by atoms with E-state index >= 15 is 0 Å². The monoisotopic (exact) mass is 877 g/mol. The predicted octanol–water partition coefficient (Wildman–Crippen LogP) is 15.9. The zero-order valence-electron chi connectivity index (χ0n) is 39.1. The maximum absolute atomic E-state index is 7.31. The number of para-hydroxylation sites is 4. The second-order valence-electron chi connectivity index (χ2n) is 20.9. The summed E-state index contributed by atoms with van der Waals surface area (Å²) in [7, 11) is 0. The van der Waals surface area contributed by atoms with Crippen molar-refractivity contribution in [3.63, 3.8) is 0 Å². The molecule has 2 aliphatic rings. The van der Waals surface area contributed by atoms with Crippen LogP contribution in [0.15, 0.2) is 191 Å². The molecule has 9 aromatic carbocycles. The van der Waals surface area contributed by atoms with E-state index < -0.39 is 0 Å². The van der Waals surface area contributed by atoms with Crippen molar-refractivity contribution in [2.75, 3.05) is 9.71 Å². The summed E-state index contributed by atoms with van der Waals surface area (Å²) >= 11 is 0. The third-order valence-electron chi connectivity index (χ3n) is 14.8. The van der Waals surface area contributed by atoms with Gasteiger partial charge in [-0.2, -0.15) is 0 Å². The fraction of sp³-hybridized carbons (Fsp3) is 0.129. The average molecular weight is 878 g/mol. The molecule has 5 nitrogen and oxygen atoms in total. The molecule has 0 bridgehead atoms. The smallest absolute Gasteiger partial charge is 0.333 e. The van der Waals surface area contributed by atoms with Crippen LogP contribution < -0.4 is 20.6 Å². The SMILES string of the molecule is CC(C)(C)c1ccc(N2B3c4cc(C(C)(C)C)ccc4-n4c5cc(N(c6ccccc6)c6ccccc6)ccc5c5c6c(oc7ccccc76)c(c3c54)-c3cc4c(cc32)oc2ccccc24)cc1. The number of benzene rings is 9. The normalized spacial score (nSPS) is 13.4. The van der Waals surface area contributed by atoms with E-state index in [0.29, 0.717) is 0 Å². The Bertz CT molecular complexity index is 4010. The van der Waals surface area contributed by atoms with Crippen LogP contribution in [0.25, 0.3) is 82.5 Å². The molecule has 14 rings (SSSR count). The van der Waals surface area contributed by atoms with Crippen LogP contribution in [-0.4, -0.2) is 11.4 Å². The van der Waals surface area contributed by atoms with E-state index in [-0.39, 0.29) is 17.7 Å². The van der Waals surface area contributed by atoms with Gasteiger partial charge in [0.15, 0.2) is 0 Å². The molecule has 0 fully saturated rings. The fourth-order valence-electron chi connectivity index (χ4n) is 11.6. The van der Waals surface area contributed by atoms with Gasteiger partial charge in [-0.1, -0.05) is 145 Å². The number of hydrogen-bond acceptors (Lipinski definition) is 4. The standard InChI is InChI=1S/C62H48BN3O2/c1-61(2,3)37-25-28-41(29-26-37)66-51-36-54-46(43-21-13-15-23-52(43)67-54)35-47(51)57-58-59-55(56-45-22-14-16-24-53(45)68-60(56)57)44-31-30-42(64(39-17-9-7-10-18-39)40-19-11-8-12-20-40)34-50(44)65(59)49-32-27-38(62(4,5)6)33-48(49)63(58)66/h7-36H,1-6H3. The van der Waals surface area contributed by atoms with Crippen LogP contribution in [0.4, 0.5) is 28.4 Å². The molecule has 5 heterocycles. The van der Waals surface area contributed by atoms with Crippen LogP contribution in [0.3, 0.4) is 0 Å². The van der Waals surface area contributed by atoms with Crippen molar-refractivity contribution in [3.05, 3.63) is 193 Å².